The number of carbonyl (C=O) groups excluding carboxylic acids is 1. The van der Waals surface area contributed by atoms with E-state index < -0.39 is 0 Å². The number of aromatic nitrogens is 1. The molecule has 4 nitrogen and oxygen atoms in total. The lowest BCUT2D eigenvalue weighted by atomic mass is 10.2. The van der Waals surface area contributed by atoms with E-state index in [1.54, 1.807) is 30.3 Å². The lowest BCUT2D eigenvalue weighted by Gasteiger charge is -2.13. The Hall–Kier alpha value is -1.86. The van der Waals surface area contributed by atoms with Gasteiger partial charge in [0.25, 0.3) is 5.91 Å². The maximum atomic E-state index is 11.7. The van der Waals surface area contributed by atoms with Crippen LogP contribution in [0.15, 0.2) is 18.3 Å². The van der Waals surface area contributed by atoms with E-state index in [9.17, 15) is 4.79 Å². The number of amides is 1. The van der Waals surface area contributed by atoms with Gasteiger partial charge >= 0.3 is 0 Å². The molecule has 0 aliphatic heterocycles. The van der Waals surface area contributed by atoms with Crippen LogP contribution in [0.25, 0.3) is 0 Å². The molecule has 0 fully saturated rings. The van der Waals surface area contributed by atoms with Crippen LogP contribution >= 0.6 is 0 Å². The molecule has 1 aromatic rings. The molecule has 2 N–H and O–H groups in total. The van der Waals surface area contributed by atoms with Gasteiger partial charge in [-0.25, -0.2) is 4.98 Å². The maximum absolute atomic E-state index is 11.7. The minimum absolute atomic E-state index is 0.0826. The van der Waals surface area contributed by atoms with Crippen LogP contribution in [0.1, 0.15) is 23.0 Å². The van der Waals surface area contributed by atoms with Crippen LogP contribution in [0.2, 0.25) is 0 Å². The fourth-order valence-corrected chi connectivity index (χ4v) is 1.09. The van der Waals surface area contributed by atoms with Gasteiger partial charge < -0.3 is 10.6 Å². The van der Waals surface area contributed by atoms with Crippen molar-refractivity contribution in [3.05, 3.63) is 29.6 Å². The molecule has 16 heavy (non-hydrogen) atoms. The molecule has 1 amide bonds. The van der Waals surface area contributed by atoms with Gasteiger partial charge in [0.05, 0.1) is 6.54 Å². The molecular weight excluding hydrogens is 202 g/mol. The SMILES string of the molecule is CCN(C)C(=O)c1ccc(C#CCN)cn1. The molecule has 1 heterocycles. The van der Waals surface area contributed by atoms with Crippen LogP contribution in [0.5, 0.6) is 0 Å². The predicted octanol–water partition coefficient (Wildman–Crippen LogP) is 0.484. The molecule has 4 heteroatoms. The fraction of sp³-hybridized carbons (Fsp3) is 0.333. The summed E-state index contributed by atoms with van der Waals surface area (Å²) in [4.78, 5) is 17.4. The molecule has 0 atom stereocenters. The third kappa shape index (κ3) is 3.07. The van der Waals surface area contributed by atoms with E-state index in [-0.39, 0.29) is 5.91 Å². The van der Waals surface area contributed by atoms with Crippen molar-refractivity contribution in [3.8, 4) is 11.8 Å². The summed E-state index contributed by atoms with van der Waals surface area (Å²) >= 11 is 0. The van der Waals surface area contributed by atoms with Gasteiger partial charge in [0, 0.05) is 25.4 Å². The van der Waals surface area contributed by atoms with E-state index in [0.717, 1.165) is 5.56 Å². The first-order valence-corrected chi connectivity index (χ1v) is 5.09. The molecule has 0 saturated heterocycles. The van der Waals surface area contributed by atoms with Gasteiger partial charge in [-0.2, -0.15) is 0 Å². The van der Waals surface area contributed by atoms with Crippen molar-refractivity contribution in [2.24, 2.45) is 5.73 Å². The van der Waals surface area contributed by atoms with Gasteiger partial charge in [0.1, 0.15) is 5.69 Å². The molecule has 1 aromatic heterocycles. The first-order chi connectivity index (χ1) is 7.69. The predicted molar refractivity (Wildman–Crippen MR) is 62.8 cm³/mol. The number of carbonyl (C=O) groups is 1. The molecule has 0 aliphatic carbocycles. The molecule has 0 saturated carbocycles. The minimum atomic E-state index is -0.0826. The van der Waals surface area contributed by atoms with Crippen LogP contribution in [0, 0.1) is 11.8 Å². The maximum Gasteiger partial charge on any atom is 0.272 e. The van der Waals surface area contributed by atoms with Crippen LogP contribution < -0.4 is 5.73 Å². The highest BCUT2D eigenvalue weighted by Gasteiger charge is 2.10. The van der Waals surface area contributed by atoms with Crippen molar-refractivity contribution in [1.82, 2.24) is 9.88 Å². The van der Waals surface area contributed by atoms with Crippen molar-refractivity contribution < 1.29 is 4.79 Å². The van der Waals surface area contributed by atoms with E-state index >= 15 is 0 Å². The molecule has 0 bridgehead atoms. The summed E-state index contributed by atoms with van der Waals surface area (Å²) in [5.41, 5.74) is 6.46. The monoisotopic (exact) mass is 217 g/mol. The first kappa shape index (κ1) is 12.2. The molecule has 84 valence electrons. The average Bonchev–Trinajstić information content (AvgIpc) is 2.35. The summed E-state index contributed by atoms with van der Waals surface area (Å²) in [6, 6.07) is 3.45. The molecule has 0 aliphatic rings. The molecule has 1 rings (SSSR count). The number of hydrogen-bond donors (Lipinski definition) is 1. The highest BCUT2D eigenvalue weighted by atomic mass is 16.2. The summed E-state index contributed by atoms with van der Waals surface area (Å²) in [6.07, 6.45) is 1.58. The lowest BCUT2D eigenvalue weighted by molar-refractivity contribution is 0.0796. The molecular formula is C12H15N3O. The normalized spacial score (nSPS) is 9.19. The zero-order valence-corrected chi connectivity index (χ0v) is 9.53. The highest BCUT2D eigenvalue weighted by molar-refractivity contribution is 5.92. The smallest absolute Gasteiger partial charge is 0.272 e. The number of rotatable bonds is 2. The summed E-state index contributed by atoms with van der Waals surface area (Å²) in [5, 5.41) is 0. The number of nitrogens with zero attached hydrogens (tertiary/aromatic N) is 2. The van der Waals surface area contributed by atoms with E-state index in [1.165, 1.54) is 0 Å². The van der Waals surface area contributed by atoms with Gasteiger partial charge in [0.2, 0.25) is 0 Å². The zero-order valence-electron chi connectivity index (χ0n) is 9.53. The second-order valence-electron chi connectivity index (χ2n) is 3.26. The lowest BCUT2D eigenvalue weighted by Crippen LogP contribution is -2.26. The summed E-state index contributed by atoms with van der Waals surface area (Å²) in [5.74, 6) is 5.50. The van der Waals surface area contributed by atoms with Crippen molar-refractivity contribution in [1.29, 1.82) is 0 Å². The average molecular weight is 217 g/mol. The van der Waals surface area contributed by atoms with Crippen molar-refractivity contribution in [3.63, 3.8) is 0 Å². The summed E-state index contributed by atoms with van der Waals surface area (Å²) in [6.45, 7) is 2.90. The Morgan fingerprint density at radius 2 is 2.31 bits per heavy atom. The molecule has 0 unspecified atom stereocenters. The number of hydrogen-bond acceptors (Lipinski definition) is 3. The topological polar surface area (TPSA) is 59.2 Å². The Morgan fingerprint density at radius 1 is 1.56 bits per heavy atom. The Bertz CT molecular complexity index is 414. The van der Waals surface area contributed by atoms with Gasteiger partial charge in [-0.05, 0) is 19.1 Å². The standard InChI is InChI=1S/C12H15N3O/c1-3-15(2)12(16)11-7-6-10(9-14-11)5-4-8-13/h6-7,9H,3,8,13H2,1-2H3. The molecule has 0 aromatic carbocycles. The number of nitrogens with two attached hydrogens (primary N) is 1. The van der Waals surface area contributed by atoms with Gasteiger partial charge in [-0.1, -0.05) is 11.8 Å². The highest BCUT2D eigenvalue weighted by Crippen LogP contribution is 2.02. The number of pyridine rings is 1. The van der Waals surface area contributed by atoms with E-state index in [1.807, 2.05) is 6.92 Å². The quantitative estimate of drug-likeness (QED) is 0.733. The molecule has 0 radical (unpaired) electrons. The van der Waals surface area contributed by atoms with Gasteiger partial charge in [0.15, 0.2) is 0 Å². The summed E-state index contributed by atoms with van der Waals surface area (Å²) < 4.78 is 0. The van der Waals surface area contributed by atoms with Crippen LogP contribution in [0.3, 0.4) is 0 Å². The fourth-order valence-electron chi connectivity index (χ4n) is 1.09. The second-order valence-corrected chi connectivity index (χ2v) is 3.26. The third-order valence-electron chi connectivity index (χ3n) is 2.14. The zero-order chi connectivity index (χ0) is 12.0. The minimum Gasteiger partial charge on any atom is -0.341 e. The molecule has 0 spiro atoms. The first-order valence-electron chi connectivity index (χ1n) is 5.09. The second kappa shape index (κ2) is 5.89. The summed E-state index contributed by atoms with van der Waals surface area (Å²) in [7, 11) is 1.74. The Kier molecular flexibility index (Phi) is 4.49. The Balaban J connectivity index is 2.82. The van der Waals surface area contributed by atoms with Gasteiger partial charge in [-0.15, -0.1) is 0 Å². The van der Waals surface area contributed by atoms with Gasteiger partial charge in [-0.3, -0.25) is 4.79 Å². The van der Waals surface area contributed by atoms with E-state index in [0.29, 0.717) is 18.8 Å². The van der Waals surface area contributed by atoms with Crippen molar-refractivity contribution in [2.75, 3.05) is 20.1 Å². The van der Waals surface area contributed by atoms with Crippen LogP contribution in [-0.2, 0) is 0 Å². The van der Waals surface area contributed by atoms with Crippen LogP contribution in [-0.4, -0.2) is 35.9 Å². The van der Waals surface area contributed by atoms with E-state index in [4.69, 9.17) is 5.73 Å². The largest absolute Gasteiger partial charge is 0.341 e. The van der Waals surface area contributed by atoms with Crippen molar-refractivity contribution in [2.45, 2.75) is 6.92 Å². The van der Waals surface area contributed by atoms with Crippen molar-refractivity contribution >= 4 is 5.91 Å². The Morgan fingerprint density at radius 3 is 2.81 bits per heavy atom. The Labute approximate surface area is 95.5 Å². The van der Waals surface area contributed by atoms with Crippen LogP contribution in [0.4, 0.5) is 0 Å². The third-order valence-corrected chi connectivity index (χ3v) is 2.14. The van der Waals surface area contributed by atoms with E-state index in [2.05, 4.69) is 16.8 Å².